The van der Waals surface area contributed by atoms with E-state index in [1.807, 2.05) is 86.6 Å². The van der Waals surface area contributed by atoms with Gasteiger partial charge >= 0.3 is 0 Å². The van der Waals surface area contributed by atoms with Gasteiger partial charge in [0.15, 0.2) is 6.61 Å². The van der Waals surface area contributed by atoms with E-state index in [1.54, 1.807) is 11.0 Å². The van der Waals surface area contributed by atoms with Crippen molar-refractivity contribution in [3.8, 4) is 5.75 Å². The van der Waals surface area contributed by atoms with Crippen molar-refractivity contribution in [3.05, 3.63) is 101 Å². The highest BCUT2D eigenvalue weighted by Crippen LogP contribution is 2.20. The molecule has 0 aromatic heterocycles. The monoisotopic (exact) mass is 520 g/mol. The largest absolute Gasteiger partial charge is 0.484 e. The smallest absolute Gasteiger partial charge is 0.261 e. The molecule has 0 radical (unpaired) electrons. The highest BCUT2D eigenvalue weighted by Gasteiger charge is 2.30. The van der Waals surface area contributed by atoms with E-state index in [0.29, 0.717) is 29.7 Å². The second-order valence-corrected chi connectivity index (χ2v) is 10.4. The average Bonchev–Trinajstić information content (AvgIpc) is 2.88. The number of benzene rings is 3. The molecule has 0 fully saturated rings. The van der Waals surface area contributed by atoms with Gasteiger partial charge in [0.25, 0.3) is 5.91 Å². The van der Waals surface area contributed by atoms with Gasteiger partial charge in [0.1, 0.15) is 11.8 Å². The Morgan fingerprint density at radius 2 is 1.57 bits per heavy atom. The maximum Gasteiger partial charge on any atom is 0.261 e. The maximum atomic E-state index is 13.6. The molecule has 0 aliphatic rings. The molecule has 1 N–H and O–H groups in total. The van der Waals surface area contributed by atoms with Crippen molar-refractivity contribution in [1.29, 1.82) is 0 Å². The lowest BCUT2D eigenvalue weighted by Gasteiger charge is -2.31. The van der Waals surface area contributed by atoms with E-state index in [4.69, 9.17) is 16.3 Å². The molecule has 0 saturated carbocycles. The van der Waals surface area contributed by atoms with Crippen molar-refractivity contribution in [2.75, 3.05) is 13.2 Å². The summed E-state index contributed by atoms with van der Waals surface area (Å²) in [6.45, 7) is 8.93. The number of nitrogens with zero attached hydrogens (tertiary/aromatic N) is 1. The Labute approximate surface area is 225 Å². The third-order valence-corrected chi connectivity index (χ3v) is 6.34. The standard InChI is InChI=1S/C31H37ClN2O3/c1-22(2)19-33-31(36)29(18-24-9-6-5-7-10-24)34(20-25-11-8-12-27(32)17-25)30(35)21-37-28-15-13-26(14-16-28)23(3)4/h5-17,22-23,29H,18-21H2,1-4H3,(H,33,36)/t29-/m1/s1. The number of hydrogen-bond acceptors (Lipinski definition) is 3. The molecule has 2 amide bonds. The molecule has 0 spiro atoms. The molecule has 37 heavy (non-hydrogen) atoms. The van der Waals surface area contributed by atoms with E-state index in [0.717, 1.165) is 11.1 Å². The summed E-state index contributed by atoms with van der Waals surface area (Å²) in [4.78, 5) is 28.7. The fourth-order valence-electron chi connectivity index (χ4n) is 3.99. The van der Waals surface area contributed by atoms with Crippen molar-refractivity contribution in [3.63, 3.8) is 0 Å². The Morgan fingerprint density at radius 3 is 2.19 bits per heavy atom. The van der Waals surface area contributed by atoms with Crippen molar-refractivity contribution in [1.82, 2.24) is 10.2 Å². The molecule has 3 rings (SSSR count). The van der Waals surface area contributed by atoms with E-state index in [-0.39, 0.29) is 30.9 Å². The number of carbonyl (C=O) groups excluding carboxylic acids is 2. The summed E-state index contributed by atoms with van der Waals surface area (Å²) in [5, 5.41) is 3.60. The quantitative estimate of drug-likeness (QED) is 0.307. The third-order valence-electron chi connectivity index (χ3n) is 6.11. The van der Waals surface area contributed by atoms with Gasteiger partial charge in [-0.2, -0.15) is 0 Å². The van der Waals surface area contributed by atoms with Gasteiger partial charge in [-0.25, -0.2) is 0 Å². The van der Waals surface area contributed by atoms with Gasteiger partial charge in [0.05, 0.1) is 0 Å². The summed E-state index contributed by atoms with van der Waals surface area (Å²) < 4.78 is 5.87. The predicted octanol–water partition coefficient (Wildman–Crippen LogP) is 6.25. The Hall–Kier alpha value is -3.31. The number of amides is 2. The summed E-state index contributed by atoms with van der Waals surface area (Å²) in [6, 6.07) is 24.2. The molecule has 5 nitrogen and oxygen atoms in total. The average molecular weight is 521 g/mol. The maximum absolute atomic E-state index is 13.6. The minimum Gasteiger partial charge on any atom is -0.484 e. The van der Waals surface area contributed by atoms with Crippen LogP contribution in [-0.2, 0) is 22.6 Å². The minimum absolute atomic E-state index is 0.176. The first-order valence-corrected chi connectivity index (χ1v) is 13.2. The van der Waals surface area contributed by atoms with E-state index in [1.165, 1.54) is 5.56 Å². The molecule has 0 aliphatic heterocycles. The van der Waals surface area contributed by atoms with Gasteiger partial charge in [0, 0.05) is 24.5 Å². The lowest BCUT2D eigenvalue weighted by Crippen LogP contribution is -2.52. The minimum atomic E-state index is -0.709. The third kappa shape index (κ3) is 8.94. The lowest BCUT2D eigenvalue weighted by atomic mass is 10.0. The van der Waals surface area contributed by atoms with E-state index in [9.17, 15) is 9.59 Å². The summed E-state index contributed by atoms with van der Waals surface area (Å²) in [5.74, 6) is 0.856. The Balaban J connectivity index is 1.87. The number of carbonyl (C=O) groups is 2. The van der Waals surface area contributed by atoms with Gasteiger partial charge in [0.2, 0.25) is 5.91 Å². The number of nitrogens with one attached hydrogen (secondary N) is 1. The Kier molecular flexibility index (Phi) is 10.6. The van der Waals surface area contributed by atoms with Crippen LogP contribution in [0.3, 0.4) is 0 Å². The summed E-state index contributed by atoms with van der Waals surface area (Å²) >= 11 is 6.23. The second kappa shape index (κ2) is 13.8. The van der Waals surface area contributed by atoms with Gasteiger partial charge in [-0.3, -0.25) is 9.59 Å². The van der Waals surface area contributed by atoms with Crippen LogP contribution in [0.2, 0.25) is 5.02 Å². The van der Waals surface area contributed by atoms with E-state index < -0.39 is 6.04 Å². The van der Waals surface area contributed by atoms with Crippen LogP contribution in [0.4, 0.5) is 0 Å². The van der Waals surface area contributed by atoms with Crippen molar-refractivity contribution < 1.29 is 14.3 Å². The van der Waals surface area contributed by atoms with Crippen LogP contribution < -0.4 is 10.1 Å². The zero-order chi connectivity index (χ0) is 26.8. The molecule has 0 heterocycles. The highest BCUT2D eigenvalue weighted by atomic mass is 35.5. The second-order valence-electron chi connectivity index (χ2n) is 10.0. The molecule has 1 atom stereocenters. The topological polar surface area (TPSA) is 58.6 Å². The van der Waals surface area contributed by atoms with Crippen molar-refractivity contribution >= 4 is 23.4 Å². The molecule has 0 bridgehead atoms. The molecular formula is C31H37ClN2O3. The summed E-state index contributed by atoms with van der Waals surface area (Å²) in [7, 11) is 0. The molecule has 0 saturated heterocycles. The van der Waals surface area contributed by atoms with Crippen molar-refractivity contribution in [2.45, 2.75) is 52.6 Å². The first-order valence-electron chi connectivity index (χ1n) is 12.8. The van der Waals surface area contributed by atoms with E-state index >= 15 is 0 Å². The van der Waals surface area contributed by atoms with Crippen molar-refractivity contribution in [2.24, 2.45) is 5.92 Å². The molecule has 0 unspecified atom stereocenters. The fraction of sp³-hybridized carbons (Fsp3) is 0.355. The van der Waals surface area contributed by atoms with Crippen LogP contribution in [0, 0.1) is 5.92 Å². The van der Waals surface area contributed by atoms with Gasteiger partial charge in [-0.05, 0) is 52.8 Å². The van der Waals surface area contributed by atoms with Crippen LogP contribution in [0.25, 0.3) is 0 Å². The molecule has 196 valence electrons. The number of ether oxygens (including phenoxy) is 1. The normalized spacial score (nSPS) is 11.9. The summed E-state index contributed by atoms with van der Waals surface area (Å²) in [6.07, 6.45) is 0.389. The number of halogens is 1. The first-order chi connectivity index (χ1) is 17.7. The van der Waals surface area contributed by atoms with Crippen LogP contribution in [0.15, 0.2) is 78.9 Å². The molecule has 6 heteroatoms. The Morgan fingerprint density at radius 1 is 0.892 bits per heavy atom. The van der Waals surface area contributed by atoms with Crippen LogP contribution in [0.1, 0.15) is 50.3 Å². The van der Waals surface area contributed by atoms with Crippen LogP contribution in [0.5, 0.6) is 5.75 Å². The zero-order valence-corrected chi connectivity index (χ0v) is 22.9. The summed E-state index contributed by atoms with van der Waals surface area (Å²) in [5.41, 5.74) is 3.02. The molecule has 3 aromatic rings. The van der Waals surface area contributed by atoms with E-state index in [2.05, 4.69) is 19.2 Å². The fourth-order valence-corrected chi connectivity index (χ4v) is 4.20. The predicted molar refractivity (Wildman–Crippen MR) is 150 cm³/mol. The Bertz CT molecular complexity index is 1150. The number of hydrogen-bond donors (Lipinski definition) is 1. The van der Waals surface area contributed by atoms with Gasteiger partial charge in [-0.1, -0.05) is 93.9 Å². The molecule has 0 aliphatic carbocycles. The SMILES string of the molecule is CC(C)CNC(=O)[C@@H](Cc1ccccc1)N(Cc1cccc(Cl)c1)C(=O)COc1ccc(C(C)C)cc1. The van der Waals surface area contributed by atoms with Crippen LogP contribution in [-0.4, -0.2) is 35.9 Å². The molecular weight excluding hydrogens is 484 g/mol. The van der Waals surface area contributed by atoms with Crippen LogP contribution >= 0.6 is 11.6 Å². The zero-order valence-electron chi connectivity index (χ0n) is 22.1. The van der Waals surface area contributed by atoms with Gasteiger partial charge in [-0.15, -0.1) is 0 Å². The first kappa shape index (κ1) is 28.3. The lowest BCUT2D eigenvalue weighted by molar-refractivity contribution is -0.142. The number of rotatable bonds is 12. The molecule has 3 aromatic carbocycles. The highest BCUT2D eigenvalue weighted by molar-refractivity contribution is 6.30. The van der Waals surface area contributed by atoms with Gasteiger partial charge < -0.3 is 15.0 Å².